The number of hydrogen-bond acceptors (Lipinski definition) is 6. The number of hydrogen-bond donors (Lipinski definition) is 0. The summed E-state index contributed by atoms with van der Waals surface area (Å²) < 4.78 is 4.58. The summed E-state index contributed by atoms with van der Waals surface area (Å²) in [7, 11) is 1.30. The molecule has 0 aromatic heterocycles. The highest BCUT2D eigenvalue weighted by Crippen LogP contribution is 2.29. The third-order valence-electron chi connectivity index (χ3n) is 6.39. The molecule has 0 heterocycles. The van der Waals surface area contributed by atoms with Crippen molar-refractivity contribution in [2.45, 2.75) is 98.3 Å². The summed E-state index contributed by atoms with van der Waals surface area (Å²) in [5.74, 6) is 0.749. The van der Waals surface area contributed by atoms with Crippen LogP contribution in [0.25, 0.3) is 0 Å². The Morgan fingerprint density at radius 2 is 1.53 bits per heavy atom. The first-order valence-electron chi connectivity index (χ1n) is 12.4. The van der Waals surface area contributed by atoms with E-state index in [2.05, 4.69) is 37.7 Å². The first-order valence-corrected chi connectivity index (χ1v) is 12.4. The zero-order valence-corrected chi connectivity index (χ0v) is 21.6. The molecule has 0 radical (unpaired) electrons. The zero-order valence-electron chi connectivity index (χ0n) is 21.6. The third-order valence-corrected chi connectivity index (χ3v) is 6.39. The summed E-state index contributed by atoms with van der Waals surface area (Å²) in [4.78, 5) is 51.2. The van der Waals surface area contributed by atoms with Gasteiger partial charge in [-0.05, 0) is 64.7 Å². The van der Waals surface area contributed by atoms with E-state index in [-0.39, 0.29) is 23.4 Å². The standard InChI is InChI=1S/C15H26O.C12H16O3.CO2/c1-4-5-8-14-11-10-12(2)7-6-9-15(16)13(14)3;1-9-5-3-7-10(12(14)15-2)11(13)8-4-6-9;2-1-3/h7,13-14H,4-6,8-11H2,1-3H3;6-7H,3-5,8H2,1-2H3;/b12-7+;9-6+,10-7+;/t13-,14-;;/m0../s1. The molecule has 0 saturated carbocycles. The van der Waals surface area contributed by atoms with Gasteiger partial charge in [-0.25, -0.2) is 4.79 Å². The molecule has 0 aromatic carbocycles. The molecule has 6 nitrogen and oxygen atoms in total. The van der Waals surface area contributed by atoms with Crippen LogP contribution in [0.15, 0.2) is 34.9 Å². The Morgan fingerprint density at radius 3 is 2.12 bits per heavy atom. The fraction of sp³-hybridized carbons (Fsp3) is 0.643. The van der Waals surface area contributed by atoms with E-state index in [0.29, 0.717) is 24.5 Å². The number of ether oxygens (including phenoxy) is 1. The number of Topliss-reactive ketones (excluding diaryl/α,β-unsaturated/α-hetero) is 2. The van der Waals surface area contributed by atoms with Crippen LogP contribution in [0.4, 0.5) is 0 Å². The van der Waals surface area contributed by atoms with Crippen molar-refractivity contribution in [2.24, 2.45) is 11.8 Å². The number of rotatable bonds is 4. The number of carbonyl (C=O) groups is 3. The highest BCUT2D eigenvalue weighted by Gasteiger charge is 2.23. The van der Waals surface area contributed by atoms with Crippen molar-refractivity contribution < 1.29 is 28.7 Å². The van der Waals surface area contributed by atoms with Crippen molar-refractivity contribution in [3.05, 3.63) is 34.9 Å². The van der Waals surface area contributed by atoms with Gasteiger partial charge < -0.3 is 4.74 Å². The molecule has 34 heavy (non-hydrogen) atoms. The normalized spacial score (nSPS) is 26.0. The largest absolute Gasteiger partial charge is 0.465 e. The summed E-state index contributed by atoms with van der Waals surface area (Å²) in [5.41, 5.74) is 2.95. The van der Waals surface area contributed by atoms with Crippen molar-refractivity contribution >= 4 is 23.7 Å². The van der Waals surface area contributed by atoms with Gasteiger partial charge in [-0.15, -0.1) is 0 Å². The van der Waals surface area contributed by atoms with Gasteiger partial charge in [0.2, 0.25) is 0 Å². The van der Waals surface area contributed by atoms with Crippen molar-refractivity contribution in [1.29, 1.82) is 0 Å². The Bertz CT molecular complexity index is 781. The van der Waals surface area contributed by atoms with Gasteiger partial charge in [0.05, 0.1) is 12.7 Å². The van der Waals surface area contributed by atoms with E-state index in [4.69, 9.17) is 9.59 Å². The lowest BCUT2D eigenvalue weighted by molar-refractivity contribution is -0.191. The summed E-state index contributed by atoms with van der Waals surface area (Å²) in [5, 5.41) is 0. The molecule has 0 unspecified atom stereocenters. The molecule has 0 aromatic rings. The lowest BCUT2D eigenvalue weighted by Gasteiger charge is -2.22. The van der Waals surface area contributed by atoms with Crippen LogP contribution in [0.5, 0.6) is 0 Å². The minimum atomic E-state index is -0.514. The average molecular weight is 475 g/mol. The summed E-state index contributed by atoms with van der Waals surface area (Å²) in [6.45, 7) is 8.62. The smallest absolute Gasteiger partial charge is 0.373 e. The molecule has 2 rings (SSSR count). The molecule has 6 heteroatoms. The minimum absolute atomic E-state index is 0.118. The lowest BCUT2D eigenvalue weighted by Crippen LogP contribution is -2.20. The Hall–Kier alpha value is -2.59. The molecule has 0 N–H and O–H groups in total. The van der Waals surface area contributed by atoms with Gasteiger partial charge in [-0.2, -0.15) is 9.59 Å². The van der Waals surface area contributed by atoms with E-state index < -0.39 is 5.97 Å². The maximum Gasteiger partial charge on any atom is 0.373 e. The van der Waals surface area contributed by atoms with Gasteiger partial charge in [0, 0.05) is 18.8 Å². The van der Waals surface area contributed by atoms with Crippen LogP contribution >= 0.6 is 0 Å². The second-order valence-corrected chi connectivity index (χ2v) is 9.03. The van der Waals surface area contributed by atoms with Crippen molar-refractivity contribution in [3.8, 4) is 0 Å². The number of carbonyl (C=O) groups excluding carboxylic acids is 5. The molecule has 0 spiro atoms. The zero-order chi connectivity index (χ0) is 25.9. The van der Waals surface area contributed by atoms with E-state index in [9.17, 15) is 14.4 Å². The van der Waals surface area contributed by atoms with Gasteiger partial charge in [0.25, 0.3) is 0 Å². The SMILES string of the molecule is CCCC[C@H]1CC/C(C)=C/CCC(=O)[C@H]1C.COC(=O)/C1=C/CC/C(C)=C/CCC1=O.O=C=O. The Morgan fingerprint density at radius 1 is 0.971 bits per heavy atom. The highest BCUT2D eigenvalue weighted by atomic mass is 16.5. The molecule has 0 amide bonds. The monoisotopic (exact) mass is 474 g/mol. The molecular formula is C28H42O6. The Labute approximate surface area is 204 Å². The number of methoxy groups -OCH3 is 1. The van der Waals surface area contributed by atoms with Gasteiger partial charge in [-0.1, -0.05) is 56.1 Å². The predicted octanol–water partition coefficient (Wildman–Crippen LogP) is 6.11. The van der Waals surface area contributed by atoms with E-state index in [0.717, 1.165) is 25.7 Å². The molecule has 0 saturated heterocycles. The van der Waals surface area contributed by atoms with E-state index >= 15 is 0 Å². The first-order chi connectivity index (χ1) is 16.2. The van der Waals surface area contributed by atoms with E-state index in [1.807, 2.05) is 6.92 Å². The predicted molar refractivity (Wildman–Crippen MR) is 132 cm³/mol. The van der Waals surface area contributed by atoms with Crippen LogP contribution in [0, 0.1) is 11.8 Å². The molecule has 2 aliphatic carbocycles. The molecule has 190 valence electrons. The van der Waals surface area contributed by atoms with Gasteiger partial charge >= 0.3 is 12.1 Å². The number of allylic oxidation sites excluding steroid dienone is 5. The van der Waals surface area contributed by atoms with Gasteiger partial charge in [0.15, 0.2) is 5.78 Å². The quantitative estimate of drug-likeness (QED) is 0.277. The topological polar surface area (TPSA) is 94.6 Å². The van der Waals surface area contributed by atoms with Crippen LogP contribution in [0.1, 0.15) is 98.3 Å². The Balaban J connectivity index is 0.000000575. The second kappa shape index (κ2) is 18.8. The number of unbranched alkanes of at least 4 members (excludes halogenated alkanes) is 1. The summed E-state index contributed by atoms with van der Waals surface area (Å²) in [6.07, 6.45) is 16.8. The van der Waals surface area contributed by atoms with Gasteiger partial charge in [-0.3, -0.25) is 9.59 Å². The van der Waals surface area contributed by atoms with Crippen LogP contribution in [0.2, 0.25) is 0 Å². The molecule has 2 atom stereocenters. The van der Waals surface area contributed by atoms with Gasteiger partial charge in [0.1, 0.15) is 5.78 Å². The van der Waals surface area contributed by atoms with Crippen molar-refractivity contribution in [3.63, 3.8) is 0 Å². The van der Waals surface area contributed by atoms with E-state index in [1.54, 1.807) is 6.08 Å². The number of ketones is 2. The fourth-order valence-electron chi connectivity index (χ4n) is 4.13. The molecule has 0 aliphatic heterocycles. The summed E-state index contributed by atoms with van der Waals surface area (Å²) in [6, 6.07) is 0. The maximum absolute atomic E-state index is 12.0. The van der Waals surface area contributed by atoms with Crippen LogP contribution in [0.3, 0.4) is 0 Å². The average Bonchev–Trinajstić information content (AvgIpc) is 2.92. The molecule has 0 fully saturated rings. The molecule has 0 bridgehead atoms. The Kier molecular flexibility index (Phi) is 17.4. The number of esters is 1. The van der Waals surface area contributed by atoms with Crippen LogP contribution < -0.4 is 0 Å². The van der Waals surface area contributed by atoms with Crippen molar-refractivity contribution in [1.82, 2.24) is 0 Å². The third kappa shape index (κ3) is 13.2. The van der Waals surface area contributed by atoms with E-state index in [1.165, 1.54) is 50.4 Å². The molecule has 2 aliphatic rings. The van der Waals surface area contributed by atoms with Crippen LogP contribution in [-0.4, -0.2) is 30.8 Å². The highest BCUT2D eigenvalue weighted by molar-refractivity contribution is 6.17. The summed E-state index contributed by atoms with van der Waals surface area (Å²) >= 11 is 0. The fourth-order valence-corrected chi connectivity index (χ4v) is 4.13. The van der Waals surface area contributed by atoms with Crippen molar-refractivity contribution in [2.75, 3.05) is 7.11 Å². The van der Waals surface area contributed by atoms with Crippen LogP contribution in [-0.2, 0) is 28.7 Å². The first kappa shape index (κ1) is 31.4. The molecular weight excluding hydrogens is 432 g/mol. The lowest BCUT2D eigenvalue weighted by atomic mass is 9.82. The minimum Gasteiger partial charge on any atom is -0.465 e. The second-order valence-electron chi connectivity index (χ2n) is 9.03. The maximum atomic E-state index is 12.0.